The number of hydrogen-bond acceptors (Lipinski definition) is 2. The molecule has 1 atom stereocenters. The highest BCUT2D eigenvalue weighted by Gasteiger charge is 2.24. The number of amides is 1. The number of hydrogen-bond donors (Lipinski definition) is 2. The second-order valence-electron chi connectivity index (χ2n) is 3.17. The largest absolute Gasteiger partial charge is 0.465 e. The van der Waals surface area contributed by atoms with E-state index >= 15 is 0 Å². The minimum atomic E-state index is -0.796. The molecule has 1 fully saturated rings. The van der Waals surface area contributed by atoms with Crippen molar-refractivity contribution in [3.63, 3.8) is 0 Å². The zero-order valence-corrected chi connectivity index (χ0v) is 7.42. The summed E-state index contributed by atoms with van der Waals surface area (Å²) in [4.78, 5) is 12.0. The molecule has 70 valence electrons. The molecule has 0 bridgehead atoms. The normalized spacial score (nSPS) is 23.1. The topological polar surface area (TPSA) is 52.6 Å². The van der Waals surface area contributed by atoms with Crippen LogP contribution in [0, 0.1) is 0 Å². The Kier molecular flexibility index (Phi) is 3.34. The molecule has 0 aliphatic carbocycles. The SMILES string of the molecule is CCCN[C@H]1CCN(C(=O)O)C1. The molecule has 1 aliphatic rings. The minimum Gasteiger partial charge on any atom is -0.465 e. The van der Waals surface area contributed by atoms with Gasteiger partial charge in [-0.25, -0.2) is 4.79 Å². The van der Waals surface area contributed by atoms with Gasteiger partial charge >= 0.3 is 6.09 Å². The van der Waals surface area contributed by atoms with Crippen LogP contribution < -0.4 is 5.32 Å². The summed E-state index contributed by atoms with van der Waals surface area (Å²) in [6, 6.07) is 0.376. The average Bonchev–Trinajstić information content (AvgIpc) is 2.48. The fourth-order valence-electron chi connectivity index (χ4n) is 1.45. The maximum absolute atomic E-state index is 10.5. The highest BCUT2D eigenvalue weighted by atomic mass is 16.4. The van der Waals surface area contributed by atoms with Crippen molar-refractivity contribution in [1.82, 2.24) is 10.2 Å². The molecule has 0 aromatic heterocycles. The third-order valence-corrected chi connectivity index (χ3v) is 2.14. The second kappa shape index (κ2) is 4.30. The summed E-state index contributed by atoms with van der Waals surface area (Å²) < 4.78 is 0. The Morgan fingerprint density at radius 3 is 3.00 bits per heavy atom. The minimum absolute atomic E-state index is 0.376. The molecule has 1 amide bonds. The van der Waals surface area contributed by atoms with Gasteiger partial charge in [0.1, 0.15) is 0 Å². The predicted octanol–water partition coefficient (Wildman–Crippen LogP) is 0.738. The lowest BCUT2D eigenvalue weighted by Crippen LogP contribution is -2.34. The zero-order valence-electron chi connectivity index (χ0n) is 7.42. The highest BCUT2D eigenvalue weighted by Crippen LogP contribution is 2.08. The second-order valence-corrected chi connectivity index (χ2v) is 3.17. The fourth-order valence-corrected chi connectivity index (χ4v) is 1.45. The predicted molar refractivity (Wildman–Crippen MR) is 46.3 cm³/mol. The molecule has 1 aliphatic heterocycles. The van der Waals surface area contributed by atoms with E-state index in [1.165, 1.54) is 4.90 Å². The van der Waals surface area contributed by atoms with Crippen LogP contribution in [0.25, 0.3) is 0 Å². The molecule has 0 unspecified atom stereocenters. The van der Waals surface area contributed by atoms with Gasteiger partial charge in [-0.1, -0.05) is 6.92 Å². The number of nitrogens with one attached hydrogen (secondary N) is 1. The van der Waals surface area contributed by atoms with Crippen LogP contribution in [0.5, 0.6) is 0 Å². The van der Waals surface area contributed by atoms with Crippen LogP contribution in [0.2, 0.25) is 0 Å². The van der Waals surface area contributed by atoms with Crippen LogP contribution in [0.4, 0.5) is 4.79 Å². The van der Waals surface area contributed by atoms with Crippen LogP contribution in [0.1, 0.15) is 19.8 Å². The molecular formula is C8H16N2O2. The molecule has 1 saturated heterocycles. The number of carbonyl (C=O) groups is 1. The molecule has 0 spiro atoms. The molecule has 4 heteroatoms. The molecule has 1 heterocycles. The zero-order chi connectivity index (χ0) is 8.97. The lowest BCUT2D eigenvalue weighted by Gasteiger charge is -2.12. The summed E-state index contributed by atoms with van der Waals surface area (Å²) >= 11 is 0. The van der Waals surface area contributed by atoms with Gasteiger partial charge in [0.25, 0.3) is 0 Å². The van der Waals surface area contributed by atoms with Crippen molar-refractivity contribution in [2.24, 2.45) is 0 Å². The number of carboxylic acid groups (broad SMARTS) is 1. The first-order valence-corrected chi connectivity index (χ1v) is 4.45. The molecule has 0 saturated carbocycles. The van der Waals surface area contributed by atoms with Gasteiger partial charge in [0.05, 0.1) is 0 Å². The van der Waals surface area contributed by atoms with E-state index in [2.05, 4.69) is 12.2 Å². The van der Waals surface area contributed by atoms with Gasteiger partial charge in [0, 0.05) is 19.1 Å². The summed E-state index contributed by atoms with van der Waals surface area (Å²) in [6.07, 6.45) is 1.26. The van der Waals surface area contributed by atoms with E-state index < -0.39 is 6.09 Å². The molecule has 0 radical (unpaired) electrons. The standard InChI is InChI=1S/C8H16N2O2/c1-2-4-9-7-3-5-10(6-7)8(11)12/h7,9H,2-6H2,1H3,(H,11,12)/t7-/m0/s1. The van der Waals surface area contributed by atoms with Gasteiger partial charge in [-0.3, -0.25) is 0 Å². The lowest BCUT2D eigenvalue weighted by molar-refractivity contribution is 0.154. The third-order valence-electron chi connectivity index (χ3n) is 2.14. The van der Waals surface area contributed by atoms with E-state index in [0.717, 1.165) is 19.4 Å². The van der Waals surface area contributed by atoms with E-state index in [1.54, 1.807) is 0 Å². The van der Waals surface area contributed by atoms with Crippen LogP contribution in [-0.2, 0) is 0 Å². The van der Waals surface area contributed by atoms with Crippen molar-refractivity contribution >= 4 is 6.09 Å². The van der Waals surface area contributed by atoms with Crippen molar-refractivity contribution in [1.29, 1.82) is 0 Å². The van der Waals surface area contributed by atoms with Gasteiger partial charge in [-0.2, -0.15) is 0 Å². The summed E-state index contributed by atoms with van der Waals surface area (Å²) in [6.45, 7) is 4.42. The van der Waals surface area contributed by atoms with Crippen LogP contribution in [-0.4, -0.2) is 41.8 Å². The van der Waals surface area contributed by atoms with Gasteiger partial charge in [-0.15, -0.1) is 0 Å². The Balaban J connectivity index is 2.21. The number of nitrogens with zero attached hydrogens (tertiary/aromatic N) is 1. The number of likely N-dealkylation sites (tertiary alicyclic amines) is 1. The quantitative estimate of drug-likeness (QED) is 0.660. The van der Waals surface area contributed by atoms with E-state index in [-0.39, 0.29) is 0 Å². The molecule has 4 nitrogen and oxygen atoms in total. The smallest absolute Gasteiger partial charge is 0.407 e. The summed E-state index contributed by atoms with van der Waals surface area (Å²) in [5.41, 5.74) is 0. The molecule has 1 rings (SSSR count). The Labute approximate surface area is 72.6 Å². The fraction of sp³-hybridized carbons (Fsp3) is 0.875. The first-order valence-electron chi connectivity index (χ1n) is 4.45. The molecule has 0 aromatic rings. The van der Waals surface area contributed by atoms with Gasteiger partial charge in [0.15, 0.2) is 0 Å². The monoisotopic (exact) mass is 172 g/mol. The van der Waals surface area contributed by atoms with Crippen LogP contribution >= 0.6 is 0 Å². The molecule has 0 aromatic carbocycles. The van der Waals surface area contributed by atoms with Crippen molar-refractivity contribution in [3.05, 3.63) is 0 Å². The third kappa shape index (κ3) is 2.37. The van der Waals surface area contributed by atoms with Crippen molar-refractivity contribution in [2.45, 2.75) is 25.8 Å². The van der Waals surface area contributed by atoms with E-state index in [9.17, 15) is 4.79 Å². The van der Waals surface area contributed by atoms with E-state index in [0.29, 0.717) is 19.1 Å². The Hall–Kier alpha value is -0.770. The van der Waals surface area contributed by atoms with Crippen molar-refractivity contribution < 1.29 is 9.90 Å². The highest BCUT2D eigenvalue weighted by molar-refractivity contribution is 5.65. The summed E-state index contributed by atoms with van der Waals surface area (Å²) in [5, 5.41) is 12.0. The van der Waals surface area contributed by atoms with Crippen molar-refractivity contribution in [2.75, 3.05) is 19.6 Å². The van der Waals surface area contributed by atoms with Gasteiger partial charge in [-0.05, 0) is 19.4 Å². The van der Waals surface area contributed by atoms with Gasteiger partial charge < -0.3 is 15.3 Å². The molecular weight excluding hydrogens is 156 g/mol. The summed E-state index contributed by atoms with van der Waals surface area (Å²) in [5.74, 6) is 0. The van der Waals surface area contributed by atoms with Crippen LogP contribution in [0.3, 0.4) is 0 Å². The number of rotatable bonds is 3. The Bertz CT molecular complexity index is 161. The molecule has 2 N–H and O–H groups in total. The summed E-state index contributed by atoms with van der Waals surface area (Å²) in [7, 11) is 0. The van der Waals surface area contributed by atoms with Crippen molar-refractivity contribution in [3.8, 4) is 0 Å². The average molecular weight is 172 g/mol. The maximum atomic E-state index is 10.5. The van der Waals surface area contributed by atoms with E-state index in [1.807, 2.05) is 0 Å². The maximum Gasteiger partial charge on any atom is 0.407 e. The van der Waals surface area contributed by atoms with E-state index in [4.69, 9.17) is 5.11 Å². The molecule has 12 heavy (non-hydrogen) atoms. The first-order chi connectivity index (χ1) is 5.74. The van der Waals surface area contributed by atoms with Gasteiger partial charge in [0.2, 0.25) is 0 Å². The first kappa shape index (κ1) is 9.32. The lowest BCUT2D eigenvalue weighted by atomic mass is 10.2. The van der Waals surface area contributed by atoms with Crippen LogP contribution in [0.15, 0.2) is 0 Å². The Morgan fingerprint density at radius 1 is 1.75 bits per heavy atom. The Morgan fingerprint density at radius 2 is 2.50 bits per heavy atom.